The van der Waals surface area contributed by atoms with Crippen molar-refractivity contribution in [3.63, 3.8) is 0 Å². The summed E-state index contributed by atoms with van der Waals surface area (Å²) in [4.78, 5) is 0. The van der Waals surface area contributed by atoms with Gasteiger partial charge in [-0.3, -0.25) is 0 Å². The molecule has 56 valence electrons. The first-order chi connectivity index (χ1) is 5.29. The van der Waals surface area contributed by atoms with Crippen LogP contribution in [0.5, 0.6) is 5.75 Å². The average molecular weight is 168 g/mol. The summed E-state index contributed by atoms with van der Waals surface area (Å²) in [6.07, 6.45) is 0. The Morgan fingerprint density at radius 3 is 2.82 bits per heavy atom. The molecule has 0 aliphatic rings. The fourth-order valence-corrected chi connectivity index (χ4v) is 1.83. The third-order valence-corrected chi connectivity index (χ3v) is 2.47. The van der Waals surface area contributed by atoms with Crippen LogP contribution in [-0.2, 0) is 0 Å². The molecule has 0 saturated heterocycles. The summed E-state index contributed by atoms with van der Waals surface area (Å²) in [5.74, 6) is -0.129. The molecule has 0 spiro atoms. The van der Waals surface area contributed by atoms with E-state index < -0.39 is 0 Å². The monoisotopic (exact) mass is 168 g/mol. The molecule has 0 aliphatic heterocycles. The maximum absolute atomic E-state index is 12.9. The minimum Gasteiger partial charge on any atom is -0.507 e. The topological polar surface area (TPSA) is 20.2 Å². The summed E-state index contributed by atoms with van der Waals surface area (Å²) in [5, 5.41) is 11.6. The van der Waals surface area contributed by atoms with Gasteiger partial charge in [0, 0.05) is 5.39 Å². The number of hydrogen-bond donors (Lipinski definition) is 1. The molecule has 3 heteroatoms. The zero-order valence-electron chi connectivity index (χ0n) is 5.54. The van der Waals surface area contributed by atoms with E-state index in [0.717, 1.165) is 0 Å². The Morgan fingerprint density at radius 1 is 1.27 bits per heavy atom. The molecule has 0 fully saturated rings. The molecule has 0 atom stereocenters. The first-order valence-electron chi connectivity index (χ1n) is 3.14. The van der Waals surface area contributed by atoms with Crippen molar-refractivity contribution in [2.75, 3.05) is 0 Å². The summed E-state index contributed by atoms with van der Waals surface area (Å²) in [7, 11) is 0. The number of rotatable bonds is 0. The van der Waals surface area contributed by atoms with Crippen molar-refractivity contribution in [2.45, 2.75) is 0 Å². The second-order valence-electron chi connectivity index (χ2n) is 2.23. The third kappa shape index (κ3) is 0.886. The summed E-state index contributed by atoms with van der Waals surface area (Å²) in [6.45, 7) is 0. The SMILES string of the molecule is Oc1ccc(F)c2sccc12. The Hall–Kier alpha value is -1.09. The van der Waals surface area contributed by atoms with Crippen molar-refractivity contribution in [1.29, 1.82) is 0 Å². The third-order valence-electron chi connectivity index (χ3n) is 1.55. The van der Waals surface area contributed by atoms with Gasteiger partial charge < -0.3 is 5.11 Å². The maximum Gasteiger partial charge on any atom is 0.141 e. The van der Waals surface area contributed by atoms with Gasteiger partial charge in [-0.25, -0.2) is 4.39 Å². The zero-order valence-corrected chi connectivity index (χ0v) is 6.36. The quantitative estimate of drug-likeness (QED) is 0.641. The fourth-order valence-electron chi connectivity index (χ4n) is 1.01. The molecular formula is C8H5FOS. The van der Waals surface area contributed by atoms with Crippen LogP contribution in [0.4, 0.5) is 4.39 Å². The summed E-state index contributed by atoms with van der Waals surface area (Å²) >= 11 is 1.29. The Kier molecular flexibility index (Phi) is 1.32. The first-order valence-corrected chi connectivity index (χ1v) is 4.01. The van der Waals surface area contributed by atoms with E-state index in [4.69, 9.17) is 0 Å². The van der Waals surface area contributed by atoms with Gasteiger partial charge >= 0.3 is 0 Å². The van der Waals surface area contributed by atoms with E-state index in [1.807, 2.05) is 0 Å². The van der Waals surface area contributed by atoms with Crippen LogP contribution in [-0.4, -0.2) is 5.11 Å². The van der Waals surface area contributed by atoms with E-state index in [1.165, 1.54) is 23.5 Å². The largest absolute Gasteiger partial charge is 0.507 e. The lowest BCUT2D eigenvalue weighted by atomic mass is 10.2. The molecule has 11 heavy (non-hydrogen) atoms. The number of benzene rings is 1. The van der Waals surface area contributed by atoms with Crippen LogP contribution in [0.15, 0.2) is 23.6 Å². The number of phenolic OH excluding ortho intramolecular Hbond substituents is 1. The van der Waals surface area contributed by atoms with Gasteiger partial charge in [0.05, 0.1) is 4.70 Å². The van der Waals surface area contributed by atoms with Gasteiger partial charge in [0.1, 0.15) is 11.6 Å². The van der Waals surface area contributed by atoms with E-state index in [1.54, 1.807) is 11.4 Å². The molecule has 2 aromatic rings. The molecule has 0 bridgehead atoms. The average Bonchev–Trinajstić information content (AvgIpc) is 2.45. The van der Waals surface area contributed by atoms with Gasteiger partial charge in [-0.2, -0.15) is 0 Å². The molecule has 1 aromatic carbocycles. The molecule has 1 heterocycles. The number of thiophene rings is 1. The van der Waals surface area contributed by atoms with Crippen molar-refractivity contribution in [3.05, 3.63) is 29.4 Å². The molecule has 1 nitrogen and oxygen atoms in total. The van der Waals surface area contributed by atoms with E-state index in [9.17, 15) is 9.50 Å². The van der Waals surface area contributed by atoms with E-state index >= 15 is 0 Å². The van der Waals surface area contributed by atoms with E-state index in [2.05, 4.69) is 0 Å². The molecule has 0 saturated carbocycles. The van der Waals surface area contributed by atoms with Gasteiger partial charge in [-0.1, -0.05) is 0 Å². The Balaban J connectivity index is 2.96. The minimum absolute atomic E-state index is 0.141. The lowest BCUT2D eigenvalue weighted by Crippen LogP contribution is -1.72. The predicted octanol–water partition coefficient (Wildman–Crippen LogP) is 2.75. The highest BCUT2D eigenvalue weighted by molar-refractivity contribution is 7.17. The highest BCUT2D eigenvalue weighted by atomic mass is 32.1. The van der Waals surface area contributed by atoms with Gasteiger partial charge in [0.15, 0.2) is 0 Å². The van der Waals surface area contributed by atoms with Gasteiger partial charge in [-0.15, -0.1) is 11.3 Å². The number of aromatic hydroxyl groups is 1. The van der Waals surface area contributed by atoms with Crippen LogP contribution in [0, 0.1) is 5.82 Å². The molecule has 1 aromatic heterocycles. The van der Waals surface area contributed by atoms with Crippen molar-refractivity contribution in [1.82, 2.24) is 0 Å². The molecule has 0 radical (unpaired) electrons. The van der Waals surface area contributed by atoms with Gasteiger partial charge in [-0.05, 0) is 23.6 Å². The standard InChI is InChI=1S/C8H5FOS/c9-6-1-2-7(10)5-3-4-11-8(5)6/h1-4,10H. The lowest BCUT2D eigenvalue weighted by Gasteiger charge is -1.94. The van der Waals surface area contributed by atoms with E-state index in [0.29, 0.717) is 10.1 Å². The molecule has 0 unspecified atom stereocenters. The second kappa shape index (κ2) is 2.20. The predicted molar refractivity (Wildman–Crippen MR) is 43.4 cm³/mol. The minimum atomic E-state index is -0.271. The normalized spacial score (nSPS) is 10.6. The zero-order chi connectivity index (χ0) is 7.84. The van der Waals surface area contributed by atoms with Gasteiger partial charge in [0.2, 0.25) is 0 Å². The Labute approximate surface area is 66.7 Å². The van der Waals surface area contributed by atoms with Crippen LogP contribution in [0.3, 0.4) is 0 Å². The number of hydrogen-bond acceptors (Lipinski definition) is 2. The summed E-state index contributed by atoms with van der Waals surface area (Å²) in [6, 6.07) is 4.34. The molecular weight excluding hydrogens is 163 g/mol. The van der Waals surface area contributed by atoms with Crippen molar-refractivity contribution in [3.8, 4) is 5.75 Å². The Bertz CT molecular complexity index is 358. The molecule has 0 aliphatic carbocycles. The highest BCUT2D eigenvalue weighted by Crippen LogP contribution is 2.30. The van der Waals surface area contributed by atoms with Gasteiger partial charge in [0.25, 0.3) is 0 Å². The number of fused-ring (bicyclic) bond motifs is 1. The maximum atomic E-state index is 12.9. The lowest BCUT2D eigenvalue weighted by molar-refractivity contribution is 0.480. The van der Waals surface area contributed by atoms with Crippen molar-refractivity contribution >= 4 is 21.4 Å². The highest BCUT2D eigenvalue weighted by Gasteiger charge is 2.04. The summed E-state index contributed by atoms with van der Waals surface area (Å²) in [5.41, 5.74) is 0. The first kappa shape index (κ1) is 6.61. The van der Waals surface area contributed by atoms with Crippen LogP contribution in [0.2, 0.25) is 0 Å². The Morgan fingerprint density at radius 2 is 2.09 bits per heavy atom. The van der Waals surface area contributed by atoms with Crippen LogP contribution >= 0.6 is 11.3 Å². The van der Waals surface area contributed by atoms with Crippen LogP contribution < -0.4 is 0 Å². The number of phenols is 1. The summed E-state index contributed by atoms with van der Waals surface area (Å²) < 4.78 is 13.4. The van der Waals surface area contributed by atoms with Crippen molar-refractivity contribution in [2.24, 2.45) is 0 Å². The van der Waals surface area contributed by atoms with Crippen molar-refractivity contribution < 1.29 is 9.50 Å². The molecule has 2 rings (SSSR count). The fraction of sp³-hybridized carbons (Fsp3) is 0. The number of halogens is 1. The molecule has 1 N–H and O–H groups in total. The van der Waals surface area contributed by atoms with Crippen LogP contribution in [0.25, 0.3) is 10.1 Å². The smallest absolute Gasteiger partial charge is 0.141 e. The van der Waals surface area contributed by atoms with E-state index in [-0.39, 0.29) is 11.6 Å². The molecule has 0 amide bonds. The van der Waals surface area contributed by atoms with Crippen LogP contribution in [0.1, 0.15) is 0 Å². The second-order valence-corrected chi connectivity index (χ2v) is 3.15.